The van der Waals surface area contributed by atoms with Gasteiger partial charge >= 0.3 is 0 Å². The summed E-state index contributed by atoms with van der Waals surface area (Å²) in [5.74, 6) is 0.540. The zero-order valence-corrected chi connectivity index (χ0v) is 10.7. The topological polar surface area (TPSA) is 18.5 Å². The molecule has 1 aromatic carbocycles. The molecule has 0 bridgehead atoms. The van der Waals surface area contributed by atoms with Crippen molar-refractivity contribution in [3.8, 4) is 0 Å². The summed E-state index contributed by atoms with van der Waals surface area (Å²) < 4.78 is 10.6. The van der Waals surface area contributed by atoms with Crippen molar-refractivity contribution in [3.05, 3.63) is 64.2 Å². The second kappa shape index (κ2) is 5.55. The highest BCUT2D eigenvalue weighted by Crippen LogP contribution is 2.30. The fourth-order valence-corrected chi connectivity index (χ4v) is 2.45. The van der Waals surface area contributed by atoms with E-state index in [1.54, 1.807) is 25.6 Å². The average Bonchev–Trinajstić information content (AvgIpc) is 2.90. The minimum Gasteiger partial charge on any atom is -0.468 e. The molecule has 17 heavy (non-hydrogen) atoms. The van der Waals surface area contributed by atoms with Crippen LogP contribution in [0.2, 0.25) is 0 Å². The Morgan fingerprint density at radius 1 is 0.941 bits per heavy atom. The lowest BCUT2D eigenvalue weighted by atomic mass is 10.1. The van der Waals surface area contributed by atoms with Crippen LogP contribution in [0.5, 0.6) is 0 Å². The van der Waals surface area contributed by atoms with Gasteiger partial charge < -0.3 is 9.47 Å². The van der Waals surface area contributed by atoms with Crippen LogP contribution in [-0.2, 0) is 9.47 Å². The van der Waals surface area contributed by atoms with Crippen molar-refractivity contribution in [3.63, 3.8) is 0 Å². The van der Waals surface area contributed by atoms with Crippen LogP contribution in [0.1, 0.15) is 10.4 Å². The Labute approximate surface area is 105 Å². The van der Waals surface area contributed by atoms with Gasteiger partial charge in [0, 0.05) is 4.88 Å². The predicted octanol–water partition coefficient (Wildman–Crippen LogP) is 3.76. The van der Waals surface area contributed by atoms with E-state index in [2.05, 4.69) is 6.07 Å². The highest BCUT2D eigenvalue weighted by Gasteiger charge is 2.14. The number of thiophene rings is 1. The SMILES string of the molecule is COC(OC)=C(c1ccccc1)c1cccs1. The lowest BCUT2D eigenvalue weighted by Crippen LogP contribution is -1.97. The Bertz CT molecular complexity index is 480. The molecule has 88 valence electrons. The monoisotopic (exact) mass is 246 g/mol. The van der Waals surface area contributed by atoms with Crippen molar-refractivity contribution >= 4 is 16.9 Å². The lowest BCUT2D eigenvalue weighted by Gasteiger charge is -2.11. The van der Waals surface area contributed by atoms with Gasteiger partial charge in [-0.25, -0.2) is 0 Å². The molecule has 0 unspecified atom stereocenters. The van der Waals surface area contributed by atoms with E-state index in [9.17, 15) is 0 Å². The van der Waals surface area contributed by atoms with Gasteiger partial charge in [-0.1, -0.05) is 36.4 Å². The molecule has 0 fully saturated rings. The molecule has 0 atom stereocenters. The van der Waals surface area contributed by atoms with E-state index < -0.39 is 0 Å². The molecule has 0 aliphatic heterocycles. The fraction of sp³-hybridized carbons (Fsp3) is 0.143. The summed E-state index contributed by atoms with van der Waals surface area (Å²) in [5, 5.41) is 2.04. The van der Waals surface area contributed by atoms with Gasteiger partial charge in [0.25, 0.3) is 5.95 Å². The van der Waals surface area contributed by atoms with Crippen molar-refractivity contribution in [2.24, 2.45) is 0 Å². The number of hydrogen-bond acceptors (Lipinski definition) is 3. The molecule has 0 amide bonds. The third-order valence-electron chi connectivity index (χ3n) is 2.40. The Balaban J connectivity index is 2.57. The molecule has 2 nitrogen and oxygen atoms in total. The van der Waals surface area contributed by atoms with Crippen molar-refractivity contribution in [1.82, 2.24) is 0 Å². The number of methoxy groups -OCH3 is 2. The molecule has 0 aliphatic rings. The van der Waals surface area contributed by atoms with E-state index in [1.165, 1.54) is 0 Å². The second-order valence-corrected chi connectivity index (χ2v) is 4.36. The minimum absolute atomic E-state index is 0.540. The quantitative estimate of drug-likeness (QED) is 0.765. The highest BCUT2D eigenvalue weighted by atomic mass is 32.1. The Morgan fingerprint density at radius 3 is 2.18 bits per heavy atom. The normalized spacial score (nSPS) is 9.76. The number of benzene rings is 1. The first kappa shape index (κ1) is 11.7. The molecule has 1 heterocycles. The van der Waals surface area contributed by atoms with Gasteiger partial charge in [-0.05, 0) is 17.0 Å². The molecule has 0 aliphatic carbocycles. The van der Waals surface area contributed by atoms with E-state index in [0.717, 1.165) is 16.0 Å². The summed E-state index contributed by atoms with van der Waals surface area (Å²) >= 11 is 1.67. The van der Waals surface area contributed by atoms with Crippen LogP contribution in [0.25, 0.3) is 5.57 Å². The maximum absolute atomic E-state index is 5.30. The maximum Gasteiger partial charge on any atom is 0.288 e. The molecular formula is C14H14O2S. The van der Waals surface area contributed by atoms with Crippen LogP contribution in [-0.4, -0.2) is 14.2 Å². The summed E-state index contributed by atoms with van der Waals surface area (Å²) in [7, 11) is 3.24. The summed E-state index contributed by atoms with van der Waals surface area (Å²) in [6.45, 7) is 0. The van der Waals surface area contributed by atoms with Gasteiger partial charge in [-0.2, -0.15) is 0 Å². The second-order valence-electron chi connectivity index (χ2n) is 3.41. The van der Waals surface area contributed by atoms with Gasteiger partial charge in [-0.15, -0.1) is 11.3 Å². The molecule has 0 radical (unpaired) electrons. The van der Waals surface area contributed by atoms with Crippen LogP contribution in [0.4, 0.5) is 0 Å². The molecule has 2 rings (SSSR count). The molecule has 3 heteroatoms. The largest absolute Gasteiger partial charge is 0.468 e. The van der Waals surface area contributed by atoms with Crippen LogP contribution in [0.3, 0.4) is 0 Å². The summed E-state index contributed by atoms with van der Waals surface area (Å²) in [5.41, 5.74) is 2.08. The zero-order chi connectivity index (χ0) is 12.1. The molecule has 0 spiro atoms. The first-order valence-electron chi connectivity index (χ1n) is 5.28. The zero-order valence-electron chi connectivity index (χ0n) is 9.84. The van der Waals surface area contributed by atoms with E-state index in [4.69, 9.17) is 9.47 Å². The Morgan fingerprint density at radius 2 is 1.65 bits per heavy atom. The van der Waals surface area contributed by atoms with Gasteiger partial charge in [0.15, 0.2) is 0 Å². The molecule has 0 saturated heterocycles. The fourth-order valence-electron chi connectivity index (χ4n) is 1.67. The Kier molecular flexibility index (Phi) is 3.83. The van der Waals surface area contributed by atoms with Gasteiger partial charge in [-0.3, -0.25) is 0 Å². The van der Waals surface area contributed by atoms with Gasteiger partial charge in [0.1, 0.15) is 0 Å². The molecule has 0 saturated carbocycles. The predicted molar refractivity (Wildman–Crippen MR) is 70.8 cm³/mol. The number of hydrogen-bond donors (Lipinski definition) is 0. The summed E-state index contributed by atoms with van der Waals surface area (Å²) in [6, 6.07) is 14.2. The van der Waals surface area contributed by atoms with E-state index in [-0.39, 0.29) is 0 Å². The minimum atomic E-state index is 0.540. The maximum atomic E-state index is 5.30. The van der Waals surface area contributed by atoms with Crippen molar-refractivity contribution < 1.29 is 9.47 Å². The highest BCUT2D eigenvalue weighted by molar-refractivity contribution is 7.11. The van der Waals surface area contributed by atoms with Crippen LogP contribution in [0, 0.1) is 0 Å². The molecular weight excluding hydrogens is 232 g/mol. The number of rotatable bonds is 4. The van der Waals surface area contributed by atoms with Crippen molar-refractivity contribution in [1.29, 1.82) is 0 Å². The summed E-state index contributed by atoms with van der Waals surface area (Å²) in [6.07, 6.45) is 0. The van der Waals surface area contributed by atoms with Gasteiger partial charge in [0.2, 0.25) is 0 Å². The number of ether oxygens (including phenoxy) is 2. The Hall–Kier alpha value is -1.74. The standard InChI is InChI=1S/C14H14O2S/c1-15-14(16-2)13(12-9-6-10-17-12)11-7-4-3-5-8-11/h3-10H,1-2H3. The third kappa shape index (κ3) is 2.50. The first-order valence-corrected chi connectivity index (χ1v) is 6.16. The lowest BCUT2D eigenvalue weighted by molar-refractivity contribution is 0.0983. The van der Waals surface area contributed by atoms with Crippen molar-refractivity contribution in [2.45, 2.75) is 0 Å². The molecule has 0 N–H and O–H groups in total. The van der Waals surface area contributed by atoms with E-state index >= 15 is 0 Å². The van der Waals surface area contributed by atoms with Crippen LogP contribution >= 0.6 is 11.3 Å². The van der Waals surface area contributed by atoms with Gasteiger partial charge in [0.05, 0.1) is 19.8 Å². The smallest absolute Gasteiger partial charge is 0.288 e. The molecule has 1 aromatic heterocycles. The third-order valence-corrected chi connectivity index (χ3v) is 3.29. The van der Waals surface area contributed by atoms with E-state index in [1.807, 2.05) is 41.8 Å². The summed E-state index contributed by atoms with van der Waals surface area (Å²) in [4.78, 5) is 1.13. The van der Waals surface area contributed by atoms with Crippen LogP contribution < -0.4 is 0 Å². The van der Waals surface area contributed by atoms with Crippen molar-refractivity contribution in [2.75, 3.05) is 14.2 Å². The van der Waals surface area contributed by atoms with Crippen LogP contribution in [0.15, 0.2) is 53.8 Å². The average molecular weight is 246 g/mol. The molecule has 2 aromatic rings. The van der Waals surface area contributed by atoms with E-state index in [0.29, 0.717) is 5.95 Å². The first-order chi connectivity index (χ1) is 8.36.